The van der Waals surface area contributed by atoms with Crippen molar-refractivity contribution < 1.29 is 9.35 Å². The normalized spacial score (nSPS) is 16.9. The summed E-state index contributed by atoms with van der Waals surface area (Å²) in [5, 5.41) is 9.64. The first kappa shape index (κ1) is 24.1. The quantitative estimate of drug-likeness (QED) is 0.462. The summed E-state index contributed by atoms with van der Waals surface area (Å²) >= 11 is 5.24. The Morgan fingerprint density at radius 2 is 2.03 bits per heavy atom. The number of piperazine rings is 1. The molecule has 0 aliphatic carbocycles. The van der Waals surface area contributed by atoms with E-state index in [-0.39, 0.29) is 18.5 Å². The van der Waals surface area contributed by atoms with Crippen LogP contribution in [0.3, 0.4) is 0 Å². The Morgan fingerprint density at radius 1 is 1.24 bits per heavy atom. The van der Waals surface area contributed by atoms with Gasteiger partial charge in [0.2, 0.25) is 5.91 Å². The van der Waals surface area contributed by atoms with Gasteiger partial charge in [-0.1, -0.05) is 41.0 Å². The molecule has 2 heterocycles. The Hall–Kier alpha value is -3.05. The first-order valence-electron chi connectivity index (χ1n) is 11.0. The molecular weight excluding hydrogens is 468 g/mol. The fraction of sp³-hybridized carbons (Fsp3) is 0.269. The Labute approximate surface area is 208 Å². The van der Waals surface area contributed by atoms with Crippen molar-refractivity contribution in [2.75, 3.05) is 34.9 Å². The maximum absolute atomic E-state index is 13.2. The molecule has 2 atom stereocenters. The maximum Gasteiger partial charge on any atom is 0.246 e. The van der Waals surface area contributed by atoms with Gasteiger partial charge in [-0.05, 0) is 47.5 Å². The third-order valence-corrected chi connectivity index (χ3v) is 7.01. The van der Waals surface area contributed by atoms with E-state index in [1.54, 1.807) is 41.6 Å². The molecular formula is C26H25ClN4O2S. The molecule has 3 aromatic rings. The largest absolute Gasteiger partial charge is 0.617 e. The number of anilines is 2. The van der Waals surface area contributed by atoms with Gasteiger partial charge in [-0.25, -0.2) is 0 Å². The molecule has 0 bridgehead atoms. The van der Waals surface area contributed by atoms with E-state index in [0.717, 1.165) is 22.5 Å². The lowest BCUT2D eigenvalue weighted by Gasteiger charge is -2.43. The van der Waals surface area contributed by atoms with Crippen LogP contribution in [0, 0.1) is 11.3 Å². The van der Waals surface area contributed by atoms with Crippen LogP contribution in [0.4, 0.5) is 11.4 Å². The van der Waals surface area contributed by atoms with Crippen molar-refractivity contribution in [3.63, 3.8) is 0 Å². The molecule has 174 valence electrons. The van der Waals surface area contributed by atoms with Crippen LogP contribution in [0.1, 0.15) is 23.1 Å². The number of halogens is 1. The second-order valence-electron chi connectivity index (χ2n) is 8.32. The van der Waals surface area contributed by atoms with Crippen LogP contribution in [0.25, 0.3) is 0 Å². The second-order valence-corrected chi connectivity index (χ2v) is 10.3. The summed E-state index contributed by atoms with van der Waals surface area (Å²) in [4.78, 5) is 21.5. The molecule has 1 aliphatic heterocycles. The third-order valence-electron chi connectivity index (χ3n) is 5.96. The molecule has 0 N–H and O–H groups in total. The Morgan fingerprint density at radius 3 is 2.74 bits per heavy atom. The maximum atomic E-state index is 13.2. The van der Waals surface area contributed by atoms with Crippen molar-refractivity contribution >= 4 is 40.1 Å². The number of pyridine rings is 1. The van der Waals surface area contributed by atoms with Crippen molar-refractivity contribution in [2.24, 2.45) is 0 Å². The smallest absolute Gasteiger partial charge is 0.246 e. The number of nitrogens with zero attached hydrogens (tertiary/aromatic N) is 4. The average molecular weight is 493 g/mol. The van der Waals surface area contributed by atoms with E-state index in [9.17, 15) is 9.35 Å². The monoisotopic (exact) mass is 492 g/mol. The second kappa shape index (κ2) is 10.9. The highest BCUT2D eigenvalue weighted by atomic mass is 35.5. The molecule has 6 nitrogen and oxygen atoms in total. The van der Waals surface area contributed by atoms with Crippen molar-refractivity contribution in [2.45, 2.75) is 18.9 Å². The van der Waals surface area contributed by atoms with Gasteiger partial charge in [0.05, 0.1) is 30.5 Å². The predicted molar refractivity (Wildman–Crippen MR) is 137 cm³/mol. The Kier molecular flexibility index (Phi) is 7.73. The molecule has 4 rings (SSSR count). The molecule has 0 saturated carbocycles. The number of carbonyl (C=O) groups is 1. The molecule has 34 heavy (non-hydrogen) atoms. The predicted octanol–water partition coefficient (Wildman–Crippen LogP) is 4.19. The zero-order chi connectivity index (χ0) is 24.1. The number of rotatable bonds is 7. The highest BCUT2D eigenvalue weighted by Gasteiger charge is 2.34. The van der Waals surface area contributed by atoms with Gasteiger partial charge >= 0.3 is 0 Å². The average Bonchev–Trinajstić information content (AvgIpc) is 2.84. The van der Waals surface area contributed by atoms with Crippen molar-refractivity contribution in [1.29, 1.82) is 5.26 Å². The molecule has 1 amide bonds. The number of hydrogen-bond donors (Lipinski definition) is 0. The minimum absolute atomic E-state index is 0.0114. The number of nitriles is 1. The van der Waals surface area contributed by atoms with Crippen LogP contribution in [-0.4, -0.2) is 46.6 Å². The van der Waals surface area contributed by atoms with Crippen LogP contribution in [0.15, 0.2) is 67.0 Å². The van der Waals surface area contributed by atoms with Crippen molar-refractivity contribution in [1.82, 2.24) is 4.98 Å². The minimum Gasteiger partial charge on any atom is -0.617 e. The summed E-state index contributed by atoms with van der Waals surface area (Å²) in [5.41, 5.74) is 4.39. The first-order valence-corrected chi connectivity index (χ1v) is 13.1. The van der Waals surface area contributed by atoms with Crippen LogP contribution in [0.5, 0.6) is 0 Å². The van der Waals surface area contributed by atoms with E-state index in [4.69, 9.17) is 16.9 Å². The lowest BCUT2D eigenvalue weighted by molar-refractivity contribution is -0.118. The molecule has 0 radical (unpaired) electrons. The summed E-state index contributed by atoms with van der Waals surface area (Å²) in [7, 11) is 0. The molecule has 1 aromatic heterocycles. The van der Waals surface area contributed by atoms with Crippen LogP contribution < -0.4 is 9.80 Å². The summed E-state index contributed by atoms with van der Waals surface area (Å²) in [5.74, 6) is 0.534. The van der Waals surface area contributed by atoms with E-state index >= 15 is 0 Å². The van der Waals surface area contributed by atoms with Gasteiger partial charge in [-0.3, -0.25) is 9.78 Å². The van der Waals surface area contributed by atoms with Crippen molar-refractivity contribution in [3.8, 4) is 6.07 Å². The van der Waals surface area contributed by atoms with Gasteiger partial charge in [-0.15, -0.1) is 0 Å². The van der Waals surface area contributed by atoms with Crippen molar-refractivity contribution in [3.05, 3.63) is 88.7 Å². The van der Waals surface area contributed by atoms with E-state index in [1.165, 1.54) is 0 Å². The lowest BCUT2D eigenvalue weighted by Crippen LogP contribution is -2.57. The minimum atomic E-state index is -0.937. The van der Waals surface area contributed by atoms with Crippen LogP contribution >= 0.6 is 11.6 Å². The molecule has 1 aliphatic rings. The third kappa shape index (κ3) is 5.71. The zero-order valence-corrected chi connectivity index (χ0v) is 20.4. The standard InChI is InChI=1S/C26H25ClN4O2S/c1-34(33)12-10-24-17-31(23-4-2-3-22(27)14-23)26(32)18-30(24)25-9-11-29-16-21(25)13-19-5-7-20(15-28)8-6-19/h2-9,11,14,16,24H,10,12-13,17-18H2,1H3/t24-,34?/m0/s1. The lowest BCUT2D eigenvalue weighted by atomic mass is 10.0. The summed E-state index contributed by atoms with van der Waals surface area (Å²) < 4.78 is 11.9. The number of amides is 1. The highest BCUT2D eigenvalue weighted by molar-refractivity contribution is 7.90. The fourth-order valence-electron chi connectivity index (χ4n) is 4.25. The van der Waals surface area contributed by atoms with E-state index in [1.807, 2.05) is 36.5 Å². The van der Waals surface area contributed by atoms with E-state index in [0.29, 0.717) is 35.7 Å². The molecule has 0 spiro atoms. The number of hydrogen-bond acceptors (Lipinski definition) is 5. The topological polar surface area (TPSA) is 83.3 Å². The van der Waals surface area contributed by atoms with Gasteiger partial charge < -0.3 is 14.4 Å². The molecule has 8 heteroatoms. The molecule has 2 aromatic carbocycles. The number of carbonyl (C=O) groups excluding carboxylic acids is 1. The Bertz CT molecular complexity index is 1200. The SMILES string of the molecule is C[S+]([O-])CC[C@H]1CN(c2cccc(Cl)c2)C(=O)CN1c1ccncc1Cc1ccc(C#N)cc1. The van der Waals surface area contributed by atoms with Gasteiger partial charge in [-0.2, -0.15) is 5.26 Å². The van der Waals surface area contributed by atoms with Crippen LogP contribution in [-0.2, 0) is 22.4 Å². The summed E-state index contributed by atoms with van der Waals surface area (Å²) in [6.45, 7) is 0.687. The number of benzene rings is 2. The first-order chi connectivity index (χ1) is 16.4. The van der Waals surface area contributed by atoms with E-state index in [2.05, 4.69) is 16.0 Å². The van der Waals surface area contributed by atoms with Gasteiger partial charge in [0.15, 0.2) is 0 Å². The van der Waals surface area contributed by atoms with Gasteiger partial charge in [0.25, 0.3) is 0 Å². The highest BCUT2D eigenvalue weighted by Crippen LogP contribution is 2.31. The van der Waals surface area contributed by atoms with Gasteiger partial charge in [0.1, 0.15) is 5.75 Å². The fourth-order valence-corrected chi connectivity index (χ4v) is 5.04. The summed E-state index contributed by atoms with van der Waals surface area (Å²) in [6, 6.07) is 18.9. The molecule has 1 saturated heterocycles. The van der Waals surface area contributed by atoms with Gasteiger partial charge in [0, 0.05) is 48.2 Å². The van der Waals surface area contributed by atoms with E-state index < -0.39 is 11.2 Å². The Balaban J connectivity index is 1.64. The van der Waals surface area contributed by atoms with Crippen LogP contribution in [0.2, 0.25) is 5.02 Å². The number of aromatic nitrogens is 1. The molecule has 1 fully saturated rings. The summed E-state index contributed by atoms with van der Waals surface area (Å²) in [6.07, 6.45) is 6.59. The molecule has 1 unspecified atom stereocenters. The zero-order valence-electron chi connectivity index (χ0n) is 18.9.